The number of benzene rings is 1. The van der Waals surface area contributed by atoms with Gasteiger partial charge in [0.25, 0.3) is 0 Å². The smallest absolute Gasteiger partial charge is 0.0536 e. The molecule has 1 aromatic carbocycles. The highest BCUT2D eigenvalue weighted by Crippen LogP contribution is 2.55. The Bertz CT molecular complexity index is 530. The molecule has 4 fully saturated rings. The first-order chi connectivity index (χ1) is 10.3. The third-order valence-electron chi connectivity index (χ3n) is 6.38. The highest BCUT2D eigenvalue weighted by atomic mass is 15.4. The van der Waals surface area contributed by atoms with E-state index in [1.807, 2.05) is 0 Å². The Balaban J connectivity index is 1.32. The SMILES string of the molecule is c1cc2c(cc1CNC13CC4CC(CC(C4)C1)C3)NNC2. The van der Waals surface area contributed by atoms with Crippen LogP contribution in [0.2, 0.25) is 0 Å². The Morgan fingerprint density at radius 1 is 1.05 bits per heavy atom. The molecular weight excluding hydrogens is 258 g/mol. The van der Waals surface area contributed by atoms with Crippen molar-refractivity contribution in [3.05, 3.63) is 29.3 Å². The molecule has 1 aromatic rings. The van der Waals surface area contributed by atoms with E-state index < -0.39 is 0 Å². The molecule has 4 saturated carbocycles. The summed E-state index contributed by atoms with van der Waals surface area (Å²) in [5, 5.41) is 3.99. The summed E-state index contributed by atoms with van der Waals surface area (Å²) in [6.07, 6.45) is 8.87. The Morgan fingerprint density at radius 2 is 1.76 bits per heavy atom. The van der Waals surface area contributed by atoms with Gasteiger partial charge >= 0.3 is 0 Å². The molecule has 21 heavy (non-hydrogen) atoms. The molecular formula is C18H25N3. The van der Waals surface area contributed by atoms with Crippen molar-refractivity contribution in [2.24, 2.45) is 17.8 Å². The maximum absolute atomic E-state index is 3.99. The lowest BCUT2D eigenvalue weighted by atomic mass is 9.53. The van der Waals surface area contributed by atoms with Crippen LogP contribution in [-0.2, 0) is 13.1 Å². The number of hydrogen-bond acceptors (Lipinski definition) is 3. The monoisotopic (exact) mass is 283 g/mol. The predicted octanol–water partition coefficient (Wildman–Crippen LogP) is 3.18. The predicted molar refractivity (Wildman–Crippen MR) is 84.6 cm³/mol. The van der Waals surface area contributed by atoms with Crippen molar-refractivity contribution in [2.75, 3.05) is 5.43 Å². The first kappa shape index (κ1) is 12.5. The van der Waals surface area contributed by atoms with Crippen LogP contribution in [0, 0.1) is 17.8 Å². The van der Waals surface area contributed by atoms with Gasteiger partial charge in [-0.1, -0.05) is 12.1 Å². The highest BCUT2D eigenvalue weighted by molar-refractivity contribution is 5.55. The number of hydrogen-bond donors (Lipinski definition) is 3. The van der Waals surface area contributed by atoms with Crippen molar-refractivity contribution in [2.45, 2.75) is 57.2 Å². The Labute approximate surface area is 126 Å². The summed E-state index contributed by atoms with van der Waals surface area (Å²) in [6, 6.07) is 6.86. The summed E-state index contributed by atoms with van der Waals surface area (Å²) in [5.41, 5.74) is 11.0. The van der Waals surface area contributed by atoms with E-state index in [0.29, 0.717) is 5.54 Å². The first-order valence-electron chi connectivity index (χ1n) is 8.64. The van der Waals surface area contributed by atoms with Gasteiger partial charge in [-0.05, 0) is 73.5 Å². The van der Waals surface area contributed by atoms with Crippen molar-refractivity contribution in [3.63, 3.8) is 0 Å². The molecule has 6 rings (SSSR count). The van der Waals surface area contributed by atoms with Crippen LogP contribution in [0.15, 0.2) is 18.2 Å². The maximum atomic E-state index is 3.99. The van der Waals surface area contributed by atoms with Crippen molar-refractivity contribution >= 4 is 5.69 Å². The Kier molecular flexibility index (Phi) is 2.65. The Morgan fingerprint density at radius 3 is 2.48 bits per heavy atom. The van der Waals surface area contributed by atoms with Crippen molar-refractivity contribution < 1.29 is 0 Å². The van der Waals surface area contributed by atoms with Crippen LogP contribution in [0.5, 0.6) is 0 Å². The normalized spacial score (nSPS) is 39.3. The summed E-state index contributed by atoms with van der Waals surface area (Å²) >= 11 is 0. The molecule has 1 aliphatic heterocycles. The van der Waals surface area contributed by atoms with E-state index in [9.17, 15) is 0 Å². The van der Waals surface area contributed by atoms with Crippen LogP contribution in [0.3, 0.4) is 0 Å². The average molecular weight is 283 g/mol. The van der Waals surface area contributed by atoms with Gasteiger partial charge < -0.3 is 10.7 Å². The topological polar surface area (TPSA) is 36.1 Å². The molecule has 3 nitrogen and oxygen atoms in total. The number of rotatable bonds is 3. The van der Waals surface area contributed by atoms with E-state index in [0.717, 1.165) is 30.8 Å². The average Bonchev–Trinajstić information content (AvgIpc) is 2.91. The van der Waals surface area contributed by atoms with Crippen LogP contribution in [0.1, 0.15) is 49.7 Å². The number of fused-ring (bicyclic) bond motifs is 1. The lowest BCUT2D eigenvalue weighted by Gasteiger charge is -2.57. The second kappa shape index (κ2) is 4.47. The minimum atomic E-state index is 0.472. The largest absolute Gasteiger partial charge is 0.321 e. The lowest BCUT2D eigenvalue weighted by molar-refractivity contribution is -0.0206. The summed E-state index contributed by atoms with van der Waals surface area (Å²) in [7, 11) is 0. The van der Waals surface area contributed by atoms with Gasteiger partial charge in [0.05, 0.1) is 5.69 Å². The van der Waals surface area contributed by atoms with Gasteiger partial charge in [0.15, 0.2) is 0 Å². The third-order valence-corrected chi connectivity index (χ3v) is 6.38. The molecule has 0 aromatic heterocycles. The second-order valence-electron chi connectivity index (χ2n) is 8.02. The van der Waals surface area contributed by atoms with Gasteiger partial charge in [0, 0.05) is 18.6 Å². The van der Waals surface area contributed by atoms with Gasteiger partial charge in [-0.2, -0.15) is 0 Å². The van der Waals surface area contributed by atoms with E-state index in [4.69, 9.17) is 0 Å². The zero-order chi connectivity index (χ0) is 13.9. The van der Waals surface area contributed by atoms with Crippen molar-refractivity contribution in [1.29, 1.82) is 0 Å². The summed E-state index contributed by atoms with van der Waals surface area (Å²) in [5.74, 6) is 3.07. The van der Waals surface area contributed by atoms with Gasteiger partial charge in [0.1, 0.15) is 0 Å². The zero-order valence-electron chi connectivity index (χ0n) is 12.6. The molecule has 3 heteroatoms. The van der Waals surface area contributed by atoms with Crippen molar-refractivity contribution in [1.82, 2.24) is 10.7 Å². The van der Waals surface area contributed by atoms with Gasteiger partial charge in [-0.3, -0.25) is 0 Å². The molecule has 112 valence electrons. The van der Waals surface area contributed by atoms with Gasteiger partial charge in [0.2, 0.25) is 0 Å². The van der Waals surface area contributed by atoms with Crippen LogP contribution in [0.4, 0.5) is 5.69 Å². The first-order valence-corrected chi connectivity index (χ1v) is 8.64. The highest BCUT2D eigenvalue weighted by Gasteiger charge is 2.50. The maximum Gasteiger partial charge on any atom is 0.0536 e. The molecule has 4 bridgehead atoms. The summed E-state index contributed by atoms with van der Waals surface area (Å²) in [6.45, 7) is 1.97. The lowest BCUT2D eigenvalue weighted by Crippen LogP contribution is -2.58. The number of hydrazine groups is 1. The van der Waals surface area contributed by atoms with Gasteiger partial charge in [-0.15, -0.1) is 0 Å². The van der Waals surface area contributed by atoms with E-state index in [2.05, 4.69) is 34.4 Å². The molecule has 0 radical (unpaired) electrons. The van der Waals surface area contributed by atoms with Crippen molar-refractivity contribution in [3.8, 4) is 0 Å². The molecule has 1 heterocycles. The van der Waals surface area contributed by atoms with Crippen LogP contribution in [-0.4, -0.2) is 5.54 Å². The molecule has 0 spiro atoms. The van der Waals surface area contributed by atoms with E-state index in [-0.39, 0.29) is 0 Å². The molecule has 3 N–H and O–H groups in total. The van der Waals surface area contributed by atoms with E-state index in [1.54, 1.807) is 0 Å². The van der Waals surface area contributed by atoms with Crippen LogP contribution < -0.4 is 16.2 Å². The fourth-order valence-corrected chi connectivity index (χ4v) is 5.86. The fraction of sp³-hybridized carbons (Fsp3) is 0.667. The fourth-order valence-electron chi connectivity index (χ4n) is 5.86. The molecule has 0 atom stereocenters. The third kappa shape index (κ3) is 2.09. The minimum absolute atomic E-state index is 0.472. The standard InChI is InChI=1S/C18H25N3/c1-2-16-11-20-21-17(16)6-12(1)10-19-18-7-13-3-14(8-18)5-15(4-13)9-18/h1-2,6,13-15,19-21H,3-5,7-11H2. The quantitative estimate of drug-likeness (QED) is 0.797. The van der Waals surface area contributed by atoms with E-state index >= 15 is 0 Å². The second-order valence-corrected chi connectivity index (χ2v) is 8.02. The number of anilines is 1. The molecule has 0 saturated heterocycles. The van der Waals surface area contributed by atoms with E-state index in [1.165, 1.54) is 55.3 Å². The molecule has 5 aliphatic rings. The molecule has 4 aliphatic carbocycles. The van der Waals surface area contributed by atoms with Gasteiger partial charge in [-0.25, -0.2) is 5.43 Å². The summed E-state index contributed by atoms with van der Waals surface area (Å²) < 4.78 is 0. The Hall–Kier alpha value is -1.06. The summed E-state index contributed by atoms with van der Waals surface area (Å²) in [4.78, 5) is 0. The van der Waals surface area contributed by atoms with Crippen LogP contribution >= 0.6 is 0 Å². The minimum Gasteiger partial charge on any atom is -0.321 e. The zero-order valence-corrected chi connectivity index (χ0v) is 12.6. The van der Waals surface area contributed by atoms with Crippen LogP contribution in [0.25, 0.3) is 0 Å². The molecule has 0 amide bonds. The molecule has 0 unspecified atom stereocenters. The number of nitrogens with one attached hydrogen (secondary N) is 3.